The van der Waals surface area contributed by atoms with Crippen molar-refractivity contribution in [3.8, 4) is 17.2 Å². The molecule has 12 heteroatoms. The number of rotatable bonds is 9. The quantitative estimate of drug-likeness (QED) is 0.372. The minimum atomic E-state index is -0.869. The van der Waals surface area contributed by atoms with Crippen molar-refractivity contribution in [1.29, 1.82) is 5.26 Å². The lowest BCUT2D eigenvalue weighted by atomic mass is 10.1. The van der Waals surface area contributed by atoms with Crippen molar-refractivity contribution in [3.05, 3.63) is 48.0 Å². The Hall–Kier alpha value is -4.50. The molecule has 0 spiro atoms. The number of pyridine rings is 1. The van der Waals surface area contributed by atoms with Crippen molar-refractivity contribution < 1.29 is 19.1 Å². The first-order chi connectivity index (χ1) is 18.7. The van der Waals surface area contributed by atoms with Crippen LogP contribution in [0.4, 0.5) is 5.69 Å². The van der Waals surface area contributed by atoms with E-state index in [9.17, 15) is 19.6 Å². The Labute approximate surface area is 225 Å². The van der Waals surface area contributed by atoms with E-state index in [0.29, 0.717) is 42.8 Å². The van der Waals surface area contributed by atoms with Crippen molar-refractivity contribution in [2.75, 3.05) is 32.1 Å². The maximum absolute atomic E-state index is 12.9. The molecule has 202 valence electrons. The molecule has 4 N–H and O–H groups in total. The molecule has 1 aliphatic heterocycles. The largest absolute Gasteiger partial charge is 0.378 e. The van der Waals surface area contributed by atoms with Crippen molar-refractivity contribution in [2.24, 2.45) is 17.1 Å². The molecule has 0 bridgehead atoms. The Balaban J connectivity index is 1.38. The number of hydrogen-bond donors (Lipinski definition) is 3. The van der Waals surface area contributed by atoms with E-state index in [4.69, 9.17) is 10.5 Å². The van der Waals surface area contributed by atoms with Crippen molar-refractivity contribution >= 4 is 28.9 Å². The van der Waals surface area contributed by atoms with E-state index in [2.05, 4.69) is 26.8 Å². The third-order valence-corrected chi connectivity index (χ3v) is 7.41. The second-order valence-corrected chi connectivity index (χ2v) is 10.2. The lowest BCUT2D eigenvalue weighted by Crippen LogP contribution is -2.36. The summed E-state index contributed by atoms with van der Waals surface area (Å²) >= 11 is 0. The number of methoxy groups -OCH3 is 1. The summed E-state index contributed by atoms with van der Waals surface area (Å²) < 4.78 is 6.48. The van der Waals surface area contributed by atoms with Crippen LogP contribution in [0, 0.1) is 22.7 Å². The standard InChI is InChI=1S/C27H30N8O4/c1-16-11-34(26(38)27(15-28)5-6-27)13-21(16)33-24-20(25(29)37)10-32-35-12-18(7-22(24)35)17-3-4-19(30-8-17)9-31-23(36)14-39-2/h3-4,7-8,10,12,16,21,33H,5-6,9,11,13-14H2,1-2H3,(H2,29,37)(H,31,36)/t16-,21+/m0/s1. The predicted octanol–water partition coefficient (Wildman–Crippen LogP) is 1.32. The Morgan fingerprint density at radius 1 is 1.23 bits per heavy atom. The van der Waals surface area contributed by atoms with Gasteiger partial charge in [-0.2, -0.15) is 10.4 Å². The number of ether oxygens (including phenoxy) is 1. The van der Waals surface area contributed by atoms with Crippen LogP contribution in [0.1, 0.15) is 35.8 Å². The van der Waals surface area contributed by atoms with E-state index >= 15 is 0 Å². The molecule has 2 aliphatic rings. The van der Waals surface area contributed by atoms with Gasteiger partial charge in [-0.25, -0.2) is 4.52 Å². The number of amides is 3. The van der Waals surface area contributed by atoms with Gasteiger partial charge in [-0.1, -0.05) is 13.0 Å². The monoisotopic (exact) mass is 530 g/mol. The van der Waals surface area contributed by atoms with Gasteiger partial charge in [0.25, 0.3) is 5.91 Å². The highest BCUT2D eigenvalue weighted by molar-refractivity contribution is 6.02. The molecule has 12 nitrogen and oxygen atoms in total. The summed E-state index contributed by atoms with van der Waals surface area (Å²) in [6, 6.07) is 7.66. The maximum atomic E-state index is 12.9. The summed E-state index contributed by atoms with van der Waals surface area (Å²) in [5.74, 6) is -0.861. The van der Waals surface area contributed by atoms with E-state index in [0.717, 1.165) is 11.1 Å². The summed E-state index contributed by atoms with van der Waals surface area (Å²) in [6.45, 7) is 3.26. The van der Waals surface area contributed by atoms with Crippen molar-refractivity contribution in [1.82, 2.24) is 24.8 Å². The maximum Gasteiger partial charge on any atom is 0.252 e. The summed E-state index contributed by atoms with van der Waals surface area (Å²) in [5, 5.41) is 20.0. The normalized spacial score (nSPS) is 19.5. The molecule has 3 aromatic heterocycles. The predicted molar refractivity (Wildman–Crippen MR) is 141 cm³/mol. The molecular weight excluding hydrogens is 500 g/mol. The molecule has 2 fully saturated rings. The van der Waals surface area contributed by atoms with Crippen LogP contribution in [0.25, 0.3) is 16.6 Å². The highest BCUT2D eigenvalue weighted by Crippen LogP contribution is 2.47. The lowest BCUT2D eigenvalue weighted by Gasteiger charge is -2.21. The summed E-state index contributed by atoms with van der Waals surface area (Å²) in [4.78, 5) is 43.1. The Kier molecular flexibility index (Phi) is 6.93. The number of likely N-dealkylation sites (tertiary alicyclic amines) is 1. The molecule has 0 aromatic carbocycles. The van der Waals surface area contributed by atoms with Gasteiger partial charge in [-0.3, -0.25) is 19.4 Å². The number of hydrogen-bond acceptors (Lipinski definition) is 8. The van der Waals surface area contributed by atoms with Crippen LogP contribution in [0.5, 0.6) is 0 Å². The number of anilines is 1. The topological polar surface area (TPSA) is 168 Å². The van der Waals surface area contributed by atoms with Crippen LogP contribution in [-0.2, 0) is 20.9 Å². The van der Waals surface area contributed by atoms with E-state index in [1.54, 1.807) is 15.6 Å². The second kappa shape index (κ2) is 10.3. The second-order valence-electron chi connectivity index (χ2n) is 10.2. The molecule has 0 radical (unpaired) electrons. The first-order valence-electron chi connectivity index (χ1n) is 12.7. The van der Waals surface area contributed by atoms with Gasteiger partial charge in [0, 0.05) is 49.8 Å². The summed E-state index contributed by atoms with van der Waals surface area (Å²) in [7, 11) is 1.46. The number of primary amides is 1. The van der Waals surface area contributed by atoms with Crippen LogP contribution in [0.15, 0.2) is 36.8 Å². The van der Waals surface area contributed by atoms with Crippen LogP contribution in [0.3, 0.4) is 0 Å². The van der Waals surface area contributed by atoms with E-state index in [-0.39, 0.29) is 42.5 Å². The number of nitrogens with zero attached hydrogens (tertiary/aromatic N) is 5. The van der Waals surface area contributed by atoms with Crippen LogP contribution < -0.4 is 16.4 Å². The fourth-order valence-corrected chi connectivity index (χ4v) is 4.93. The summed E-state index contributed by atoms with van der Waals surface area (Å²) in [5.41, 5.74) is 8.64. The van der Waals surface area contributed by atoms with Gasteiger partial charge in [0.15, 0.2) is 0 Å². The zero-order valence-electron chi connectivity index (χ0n) is 21.8. The smallest absolute Gasteiger partial charge is 0.252 e. The molecule has 1 saturated heterocycles. The number of nitrogens with one attached hydrogen (secondary N) is 2. The number of nitriles is 1. The molecule has 2 atom stereocenters. The molecule has 5 rings (SSSR count). The van der Waals surface area contributed by atoms with E-state index < -0.39 is 11.3 Å². The SMILES string of the molecule is COCC(=O)NCc1ccc(-c2cc3c(N[C@@H]4CN(C(=O)C5(C#N)CC5)C[C@@H]4C)c(C(N)=O)cnn3c2)cn1. The molecule has 3 aromatic rings. The zero-order valence-corrected chi connectivity index (χ0v) is 21.8. The number of nitrogens with two attached hydrogens (primary N) is 1. The van der Waals surface area contributed by atoms with Gasteiger partial charge in [-0.05, 0) is 30.9 Å². The fourth-order valence-electron chi connectivity index (χ4n) is 4.93. The van der Waals surface area contributed by atoms with E-state index in [1.165, 1.54) is 13.3 Å². The lowest BCUT2D eigenvalue weighted by molar-refractivity contribution is -0.134. The van der Waals surface area contributed by atoms with Crippen molar-refractivity contribution in [3.63, 3.8) is 0 Å². The van der Waals surface area contributed by atoms with Gasteiger partial charge in [0.1, 0.15) is 12.0 Å². The van der Waals surface area contributed by atoms with Crippen LogP contribution in [0.2, 0.25) is 0 Å². The molecule has 4 heterocycles. The molecule has 3 amide bonds. The number of carbonyl (C=O) groups is 3. The van der Waals surface area contributed by atoms with Gasteiger partial charge in [-0.15, -0.1) is 0 Å². The Bertz CT molecular complexity index is 1470. The third-order valence-electron chi connectivity index (χ3n) is 7.41. The van der Waals surface area contributed by atoms with Crippen LogP contribution in [-0.4, -0.2) is 70.1 Å². The molecular formula is C27H30N8O4. The highest BCUT2D eigenvalue weighted by Gasteiger charge is 2.54. The molecule has 39 heavy (non-hydrogen) atoms. The minimum Gasteiger partial charge on any atom is -0.378 e. The first kappa shape index (κ1) is 26.1. The van der Waals surface area contributed by atoms with Gasteiger partial charge < -0.3 is 26.0 Å². The Morgan fingerprint density at radius 2 is 2.03 bits per heavy atom. The number of aromatic nitrogens is 3. The molecule has 1 saturated carbocycles. The van der Waals surface area contributed by atoms with Gasteiger partial charge >= 0.3 is 0 Å². The van der Waals surface area contributed by atoms with Crippen LogP contribution >= 0.6 is 0 Å². The Morgan fingerprint density at radius 3 is 2.67 bits per heavy atom. The minimum absolute atomic E-state index is 0.0132. The van der Waals surface area contributed by atoms with E-state index in [1.807, 2.05) is 31.3 Å². The molecule has 1 aliphatic carbocycles. The van der Waals surface area contributed by atoms with Gasteiger partial charge in [0.05, 0.1) is 41.3 Å². The first-order valence-corrected chi connectivity index (χ1v) is 12.7. The average molecular weight is 531 g/mol. The number of fused-ring (bicyclic) bond motifs is 1. The van der Waals surface area contributed by atoms with Gasteiger partial charge in [0.2, 0.25) is 11.8 Å². The zero-order chi connectivity index (χ0) is 27.7. The fraction of sp³-hybridized carbons (Fsp3) is 0.407. The third kappa shape index (κ3) is 5.13. The van der Waals surface area contributed by atoms with Crippen molar-refractivity contribution in [2.45, 2.75) is 32.4 Å². The molecule has 0 unspecified atom stereocenters. The summed E-state index contributed by atoms with van der Waals surface area (Å²) in [6.07, 6.45) is 6.18. The average Bonchev–Trinajstić information content (AvgIpc) is 3.47. The number of carbonyl (C=O) groups excluding carboxylic acids is 3. The highest BCUT2D eigenvalue weighted by atomic mass is 16.5.